The zero-order chi connectivity index (χ0) is 10.3. The number of rotatable bonds is 6. The lowest BCUT2D eigenvalue weighted by molar-refractivity contribution is 0.409. The molecule has 0 radical (unpaired) electrons. The van der Waals surface area contributed by atoms with Gasteiger partial charge in [-0.3, -0.25) is 0 Å². The highest BCUT2D eigenvalue weighted by molar-refractivity contribution is 9.09. The summed E-state index contributed by atoms with van der Waals surface area (Å²) in [6, 6.07) is 3.64. The van der Waals surface area contributed by atoms with Gasteiger partial charge in [0.25, 0.3) is 0 Å². The molecule has 0 fully saturated rings. The van der Waals surface area contributed by atoms with Crippen LogP contribution in [0.3, 0.4) is 0 Å². The van der Waals surface area contributed by atoms with Gasteiger partial charge in [0, 0.05) is 0 Å². The van der Waals surface area contributed by atoms with Crippen LogP contribution in [0.5, 0.6) is 0 Å². The summed E-state index contributed by atoms with van der Waals surface area (Å²) in [7, 11) is -1.42. The standard InChI is InChI=1S/C10H21BrOSi/c1-5-10(9-11)12-13(6-2,7-3)8-4/h5H,6-9H2,1-4H3/b10-5-. The SMILES string of the molecule is C/C=C(/CBr)O[Si](CC)(CC)CC. The van der Waals surface area contributed by atoms with E-state index < -0.39 is 8.32 Å². The highest BCUT2D eigenvalue weighted by Gasteiger charge is 2.30. The minimum atomic E-state index is -1.42. The molecule has 0 spiro atoms. The van der Waals surface area contributed by atoms with Crippen LogP contribution in [-0.2, 0) is 4.43 Å². The van der Waals surface area contributed by atoms with Crippen molar-refractivity contribution in [2.75, 3.05) is 5.33 Å². The lowest BCUT2D eigenvalue weighted by Crippen LogP contribution is -2.35. The Kier molecular flexibility index (Phi) is 6.78. The average molecular weight is 265 g/mol. The Hall–Kier alpha value is 0.237. The highest BCUT2D eigenvalue weighted by Crippen LogP contribution is 2.25. The maximum Gasteiger partial charge on any atom is 0.250 e. The normalized spacial score (nSPS) is 13.2. The Balaban J connectivity index is 4.40. The molecule has 0 aromatic carbocycles. The quantitative estimate of drug-likeness (QED) is 0.395. The molecule has 0 aromatic heterocycles. The van der Waals surface area contributed by atoms with Gasteiger partial charge in [-0.2, -0.15) is 0 Å². The molecule has 13 heavy (non-hydrogen) atoms. The van der Waals surface area contributed by atoms with Gasteiger partial charge in [0.15, 0.2) is 0 Å². The van der Waals surface area contributed by atoms with Crippen LogP contribution in [0.4, 0.5) is 0 Å². The molecular formula is C10H21BrOSi. The van der Waals surface area contributed by atoms with E-state index in [1.807, 2.05) is 6.92 Å². The van der Waals surface area contributed by atoms with E-state index in [0.717, 1.165) is 11.1 Å². The number of alkyl halides is 1. The van der Waals surface area contributed by atoms with E-state index in [1.54, 1.807) is 0 Å². The largest absolute Gasteiger partial charge is 0.546 e. The summed E-state index contributed by atoms with van der Waals surface area (Å²) in [5, 5.41) is 0.845. The number of hydrogen-bond acceptors (Lipinski definition) is 1. The van der Waals surface area contributed by atoms with Crippen LogP contribution < -0.4 is 0 Å². The maximum atomic E-state index is 6.14. The van der Waals surface area contributed by atoms with Crippen molar-refractivity contribution in [3.63, 3.8) is 0 Å². The second-order valence-corrected chi connectivity index (χ2v) is 8.49. The van der Waals surface area contributed by atoms with Gasteiger partial charge in [-0.15, -0.1) is 0 Å². The van der Waals surface area contributed by atoms with Crippen LogP contribution in [0, 0.1) is 0 Å². The molecule has 0 aliphatic carbocycles. The lowest BCUT2D eigenvalue weighted by atomic mass is 10.5. The van der Waals surface area contributed by atoms with Crippen molar-refractivity contribution in [1.29, 1.82) is 0 Å². The van der Waals surface area contributed by atoms with Gasteiger partial charge >= 0.3 is 0 Å². The smallest absolute Gasteiger partial charge is 0.250 e. The topological polar surface area (TPSA) is 9.23 Å². The Labute approximate surface area is 91.8 Å². The molecule has 0 rings (SSSR count). The summed E-state index contributed by atoms with van der Waals surface area (Å²) < 4.78 is 6.14. The van der Waals surface area contributed by atoms with Crippen molar-refractivity contribution in [1.82, 2.24) is 0 Å². The minimum Gasteiger partial charge on any atom is -0.546 e. The van der Waals surface area contributed by atoms with Crippen LogP contribution in [0.1, 0.15) is 27.7 Å². The van der Waals surface area contributed by atoms with Crippen LogP contribution in [-0.4, -0.2) is 13.6 Å². The van der Waals surface area contributed by atoms with E-state index in [0.29, 0.717) is 0 Å². The predicted molar refractivity (Wildman–Crippen MR) is 65.8 cm³/mol. The van der Waals surface area contributed by atoms with Gasteiger partial charge in [-0.25, -0.2) is 0 Å². The first-order chi connectivity index (χ1) is 6.17. The van der Waals surface area contributed by atoms with Crippen molar-refractivity contribution in [2.45, 2.75) is 45.8 Å². The highest BCUT2D eigenvalue weighted by atomic mass is 79.9. The minimum absolute atomic E-state index is 0.845. The molecule has 0 aliphatic heterocycles. The maximum absolute atomic E-state index is 6.14. The van der Waals surface area contributed by atoms with Crippen molar-refractivity contribution >= 4 is 24.2 Å². The van der Waals surface area contributed by atoms with Gasteiger partial charge in [-0.1, -0.05) is 42.8 Å². The van der Waals surface area contributed by atoms with Gasteiger partial charge in [0.1, 0.15) is 0 Å². The molecule has 0 aliphatic rings. The molecule has 0 heterocycles. The van der Waals surface area contributed by atoms with E-state index in [4.69, 9.17) is 4.43 Å². The number of hydrogen-bond donors (Lipinski definition) is 0. The predicted octanol–water partition coefficient (Wildman–Crippen LogP) is 4.31. The first-order valence-corrected chi connectivity index (χ1v) is 8.73. The van der Waals surface area contributed by atoms with Crippen LogP contribution in [0.25, 0.3) is 0 Å². The summed E-state index contributed by atoms with van der Waals surface area (Å²) in [6.45, 7) is 8.79. The Morgan fingerprint density at radius 1 is 1.23 bits per heavy atom. The average Bonchev–Trinajstić information content (AvgIpc) is 2.21. The Morgan fingerprint density at radius 3 is 1.92 bits per heavy atom. The molecule has 0 N–H and O–H groups in total. The van der Waals surface area contributed by atoms with E-state index in [9.17, 15) is 0 Å². The summed E-state index contributed by atoms with van der Waals surface area (Å²) in [4.78, 5) is 0. The molecule has 1 nitrogen and oxygen atoms in total. The van der Waals surface area contributed by atoms with Crippen molar-refractivity contribution < 1.29 is 4.43 Å². The molecule has 78 valence electrons. The van der Waals surface area contributed by atoms with Gasteiger partial charge in [-0.05, 0) is 25.1 Å². The van der Waals surface area contributed by atoms with Gasteiger partial charge in [0.05, 0.1) is 11.1 Å². The van der Waals surface area contributed by atoms with Crippen LogP contribution in [0.15, 0.2) is 11.8 Å². The summed E-state index contributed by atoms with van der Waals surface area (Å²) in [5.41, 5.74) is 0. The molecule has 0 aromatic rings. The van der Waals surface area contributed by atoms with Crippen molar-refractivity contribution in [3.8, 4) is 0 Å². The third-order valence-corrected chi connectivity index (χ3v) is 7.85. The Morgan fingerprint density at radius 2 is 1.69 bits per heavy atom. The summed E-state index contributed by atoms with van der Waals surface area (Å²) in [5.74, 6) is 1.11. The molecule has 0 unspecified atom stereocenters. The zero-order valence-corrected chi connectivity index (χ0v) is 11.8. The number of halogens is 1. The first-order valence-electron chi connectivity index (χ1n) is 5.08. The number of allylic oxidation sites excluding steroid dienone is 2. The van der Waals surface area contributed by atoms with E-state index in [1.165, 1.54) is 18.1 Å². The fourth-order valence-electron chi connectivity index (χ4n) is 1.41. The second kappa shape index (κ2) is 6.66. The zero-order valence-electron chi connectivity index (χ0n) is 9.19. The van der Waals surface area contributed by atoms with Crippen LogP contribution in [0.2, 0.25) is 18.1 Å². The van der Waals surface area contributed by atoms with Gasteiger partial charge in [0.2, 0.25) is 8.32 Å². The van der Waals surface area contributed by atoms with Crippen molar-refractivity contribution in [2.24, 2.45) is 0 Å². The third-order valence-electron chi connectivity index (χ3n) is 2.73. The molecule has 0 atom stereocenters. The molecule has 0 amide bonds. The first kappa shape index (κ1) is 13.2. The fraction of sp³-hybridized carbons (Fsp3) is 0.800. The van der Waals surface area contributed by atoms with Gasteiger partial charge < -0.3 is 4.43 Å². The monoisotopic (exact) mass is 264 g/mol. The Bertz CT molecular complexity index is 156. The molecule has 0 saturated heterocycles. The molecular weight excluding hydrogens is 244 g/mol. The second-order valence-electron chi connectivity index (χ2n) is 3.23. The summed E-state index contributed by atoms with van der Waals surface area (Å²) >= 11 is 3.45. The van der Waals surface area contributed by atoms with E-state index in [2.05, 4.69) is 42.8 Å². The van der Waals surface area contributed by atoms with E-state index >= 15 is 0 Å². The third kappa shape index (κ3) is 3.86. The van der Waals surface area contributed by atoms with Crippen LogP contribution >= 0.6 is 15.9 Å². The molecule has 3 heteroatoms. The molecule has 0 bridgehead atoms. The summed E-state index contributed by atoms with van der Waals surface area (Å²) in [6.07, 6.45) is 2.07. The molecule has 0 saturated carbocycles. The van der Waals surface area contributed by atoms with Crippen molar-refractivity contribution in [3.05, 3.63) is 11.8 Å². The fourth-order valence-corrected chi connectivity index (χ4v) is 4.74. The lowest BCUT2D eigenvalue weighted by Gasteiger charge is -2.29. The van der Waals surface area contributed by atoms with E-state index in [-0.39, 0.29) is 0 Å².